The molecule has 0 aliphatic heterocycles. The van der Waals surface area contributed by atoms with E-state index in [1.54, 1.807) is 0 Å². The van der Waals surface area contributed by atoms with E-state index >= 15 is 0 Å². The summed E-state index contributed by atoms with van der Waals surface area (Å²) in [5.74, 6) is -1.24. The van der Waals surface area contributed by atoms with Crippen molar-refractivity contribution in [2.24, 2.45) is 5.22 Å². The zero-order valence-electron chi connectivity index (χ0n) is 4.84. The molecule has 0 atom stereocenters. The van der Waals surface area contributed by atoms with Crippen LogP contribution in [-0.4, -0.2) is 29.0 Å². The Labute approximate surface area is 55.5 Å². The van der Waals surface area contributed by atoms with Crippen molar-refractivity contribution >= 4 is 12.4 Å². The van der Waals surface area contributed by atoms with E-state index in [1.807, 2.05) is 0 Å². The molecule has 0 unspecified atom stereocenters. The minimum Gasteiger partial charge on any atom is -0.478 e. The average molecular weight is 144 g/mol. The van der Waals surface area contributed by atoms with Crippen molar-refractivity contribution in [1.29, 1.82) is 0 Å². The first-order valence-corrected chi connectivity index (χ1v) is 2.19. The van der Waals surface area contributed by atoms with Crippen molar-refractivity contribution in [1.82, 2.24) is 5.01 Å². The fourth-order valence-electron chi connectivity index (χ4n) is 0.280. The molecule has 0 aliphatic rings. The molecule has 10 heavy (non-hydrogen) atoms. The van der Waals surface area contributed by atoms with Crippen molar-refractivity contribution in [3.8, 4) is 0 Å². The molecule has 0 aromatic rings. The molecule has 1 N–H and O–H groups in total. The number of carbonyl (C=O) groups is 2. The van der Waals surface area contributed by atoms with Gasteiger partial charge in [-0.2, -0.15) is 9.92 Å². The predicted molar refractivity (Wildman–Crippen MR) is 29.6 cm³/mol. The van der Waals surface area contributed by atoms with Crippen LogP contribution in [0.2, 0.25) is 0 Å². The van der Waals surface area contributed by atoms with E-state index in [-0.39, 0.29) is 6.41 Å². The summed E-state index contributed by atoms with van der Waals surface area (Å²) in [5.41, 5.74) is 7.75. The second-order valence-corrected chi connectivity index (χ2v) is 1.28. The van der Waals surface area contributed by atoms with Gasteiger partial charge in [-0.25, -0.2) is 4.79 Å². The molecule has 0 heterocycles. The smallest absolute Gasteiger partial charge is 0.346 e. The number of carboxylic acid groups (broad SMARTS) is 1. The molecule has 0 fully saturated rings. The van der Waals surface area contributed by atoms with Gasteiger partial charge in [0.25, 0.3) is 0 Å². The molecule has 0 rings (SSSR count). The van der Waals surface area contributed by atoms with E-state index in [0.29, 0.717) is 5.01 Å². The Hall–Kier alpha value is -1.75. The van der Waals surface area contributed by atoms with Crippen LogP contribution in [0.5, 0.6) is 0 Å². The number of nitrogens with zero attached hydrogens (tertiary/aromatic N) is 4. The summed E-state index contributed by atoms with van der Waals surface area (Å²) in [6.07, 6.45) is 0.133. The van der Waals surface area contributed by atoms with E-state index in [9.17, 15) is 9.59 Å². The van der Waals surface area contributed by atoms with E-state index in [4.69, 9.17) is 10.6 Å². The third-order valence-corrected chi connectivity index (χ3v) is 0.574. The van der Waals surface area contributed by atoms with Gasteiger partial charge >= 0.3 is 12.4 Å². The summed E-state index contributed by atoms with van der Waals surface area (Å²) < 4.78 is 0. The summed E-state index contributed by atoms with van der Waals surface area (Å²) in [6, 6.07) is 0. The molecular weight excluding hydrogens is 140 g/mol. The number of rotatable bonds is 4. The summed E-state index contributed by atoms with van der Waals surface area (Å²) in [5, 5.41) is 11.2. The van der Waals surface area contributed by atoms with Gasteiger partial charge < -0.3 is 5.11 Å². The van der Waals surface area contributed by atoms with Crippen molar-refractivity contribution < 1.29 is 14.7 Å². The van der Waals surface area contributed by atoms with Crippen LogP contribution in [0.3, 0.4) is 0 Å². The number of carboxylic acids is 1. The first-order valence-electron chi connectivity index (χ1n) is 2.19. The molecule has 0 aromatic heterocycles. The summed E-state index contributed by atoms with van der Waals surface area (Å²) in [4.78, 5) is 21.9. The van der Waals surface area contributed by atoms with Crippen molar-refractivity contribution in [3.05, 3.63) is 10.4 Å². The van der Waals surface area contributed by atoms with Gasteiger partial charge in [0.1, 0.15) is 0 Å². The van der Waals surface area contributed by atoms with Gasteiger partial charge in [-0.3, -0.25) is 4.79 Å². The Balaban J connectivity index is 3.95. The summed E-state index contributed by atoms with van der Waals surface area (Å²) >= 11 is 0. The second kappa shape index (κ2) is 4.16. The number of carbonyl (C=O) groups excluding carboxylic acids is 1. The molecule has 0 spiro atoms. The Bertz CT molecular complexity index is 184. The van der Waals surface area contributed by atoms with Gasteiger partial charge in [0.05, 0.1) is 0 Å². The van der Waals surface area contributed by atoms with E-state index in [1.165, 1.54) is 0 Å². The van der Waals surface area contributed by atoms with Crippen LogP contribution < -0.4 is 0 Å². The third-order valence-electron chi connectivity index (χ3n) is 0.574. The molecule has 0 aromatic carbocycles. The van der Waals surface area contributed by atoms with Gasteiger partial charge in [-0.1, -0.05) is 0 Å². The van der Waals surface area contributed by atoms with Gasteiger partial charge in [-0.05, 0) is 5.22 Å². The maximum atomic E-state index is 9.86. The lowest BCUT2D eigenvalue weighted by atomic mass is 10.6. The number of azide groups is 1. The first-order chi connectivity index (χ1) is 4.70. The normalized spacial score (nSPS) is 7.60. The topological polar surface area (TPSA) is 106 Å². The largest absolute Gasteiger partial charge is 0.478 e. The lowest BCUT2D eigenvalue weighted by Gasteiger charge is -1.98. The fourth-order valence-corrected chi connectivity index (χ4v) is 0.280. The molecule has 54 valence electrons. The molecule has 1 amide bonds. The van der Waals surface area contributed by atoms with Gasteiger partial charge in [-0.15, -0.1) is 5.53 Å². The Morgan fingerprint density at radius 3 is 2.80 bits per heavy atom. The van der Waals surface area contributed by atoms with Crippen LogP contribution in [-0.2, 0) is 9.59 Å². The third kappa shape index (κ3) is 3.28. The molecule has 0 radical (unpaired) electrons. The van der Waals surface area contributed by atoms with Crippen LogP contribution in [0, 0.1) is 0 Å². The lowest BCUT2D eigenvalue weighted by Crippen LogP contribution is -2.22. The van der Waals surface area contributed by atoms with Crippen LogP contribution in [0.15, 0.2) is 5.22 Å². The number of hydrogen-bond donors (Lipinski definition) is 1. The lowest BCUT2D eigenvalue weighted by molar-refractivity contribution is -0.140. The molecule has 0 saturated carbocycles. The summed E-state index contributed by atoms with van der Waals surface area (Å²) in [6.45, 7) is -0.618. The number of amides is 1. The van der Waals surface area contributed by atoms with Gasteiger partial charge in [0, 0.05) is 0 Å². The Morgan fingerprint density at radius 2 is 2.50 bits per heavy atom. The number of aliphatic carboxylic acids is 1. The van der Waals surface area contributed by atoms with Crippen molar-refractivity contribution in [2.45, 2.75) is 0 Å². The maximum absolute atomic E-state index is 9.86. The van der Waals surface area contributed by atoms with E-state index in [2.05, 4.69) is 10.1 Å². The second-order valence-electron chi connectivity index (χ2n) is 1.28. The minimum absolute atomic E-state index is 0.133. The Morgan fingerprint density at radius 1 is 1.90 bits per heavy atom. The SMILES string of the molecule is [N-]=[N+]=NN(C=O)CC(=O)O. The number of hydrogen-bond acceptors (Lipinski definition) is 3. The highest BCUT2D eigenvalue weighted by molar-refractivity contribution is 5.71. The Kier molecular flexibility index (Phi) is 3.43. The van der Waals surface area contributed by atoms with E-state index in [0.717, 1.165) is 0 Å². The van der Waals surface area contributed by atoms with Crippen LogP contribution >= 0.6 is 0 Å². The van der Waals surface area contributed by atoms with Gasteiger partial charge in [0.15, 0.2) is 6.54 Å². The fraction of sp³-hybridized carbons (Fsp3) is 0.333. The first kappa shape index (κ1) is 8.25. The molecular formula is C3H4N4O3. The highest BCUT2D eigenvalue weighted by Gasteiger charge is 2.07. The standard InChI is InChI=1S/C3H4N4O3/c4-5-6-7(2-8)1-3(9)10/h2H,1H2,(H,9,10). The monoisotopic (exact) mass is 144 g/mol. The zero-order chi connectivity index (χ0) is 7.98. The quantitative estimate of drug-likeness (QED) is 0.193. The highest BCUT2D eigenvalue weighted by atomic mass is 16.4. The molecule has 0 aliphatic carbocycles. The van der Waals surface area contributed by atoms with Crippen molar-refractivity contribution in [2.75, 3.05) is 6.54 Å². The summed E-state index contributed by atoms with van der Waals surface area (Å²) in [7, 11) is 0. The van der Waals surface area contributed by atoms with Gasteiger partial charge in [0.2, 0.25) is 0 Å². The molecule has 7 nitrogen and oxygen atoms in total. The van der Waals surface area contributed by atoms with Crippen LogP contribution in [0.25, 0.3) is 10.4 Å². The van der Waals surface area contributed by atoms with Crippen molar-refractivity contribution in [3.63, 3.8) is 0 Å². The van der Waals surface area contributed by atoms with E-state index < -0.39 is 12.5 Å². The average Bonchev–Trinajstić information content (AvgIpc) is 1.86. The van der Waals surface area contributed by atoms with Crippen LogP contribution in [0.1, 0.15) is 0 Å². The molecule has 0 bridgehead atoms. The predicted octanol–water partition coefficient (Wildman–Crippen LogP) is -0.245. The molecule has 7 heteroatoms. The highest BCUT2D eigenvalue weighted by Crippen LogP contribution is 1.82. The zero-order valence-corrected chi connectivity index (χ0v) is 4.84. The molecule has 0 saturated heterocycles. The minimum atomic E-state index is -1.24. The maximum Gasteiger partial charge on any atom is 0.346 e. The van der Waals surface area contributed by atoms with Crippen LogP contribution in [0.4, 0.5) is 0 Å².